The molecule has 0 amide bonds. The third-order valence-electron chi connectivity index (χ3n) is 2.30. The van der Waals surface area contributed by atoms with Crippen LogP contribution in [0.1, 0.15) is 0 Å². The minimum atomic E-state index is 0.678. The number of anilines is 3. The molecule has 1 aromatic carbocycles. The van der Waals surface area contributed by atoms with Crippen molar-refractivity contribution in [3.63, 3.8) is 0 Å². The first-order chi connectivity index (χ1) is 7.18. The Morgan fingerprint density at radius 2 is 2.13 bits per heavy atom. The predicted molar refractivity (Wildman–Crippen MR) is 64.7 cm³/mol. The number of benzene rings is 1. The number of hydrogen-bond donors (Lipinski definition) is 2. The van der Waals surface area contributed by atoms with E-state index in [-0.39, 0.29) is 0 Å². The van der Waals surface area contributed by atoms with Crippen LogP contribution in [0.3, 0.4) is 0 Å². The number of H-pyrrole nitrogens is 1. The first-order valence-electron chi connectivity index (χ1n) is 4.60. The Kier molecular flexibility index (Phi) is 2.56. The normalized spacial score (nSPS) is 10.3. The number of nitrogens with one attached hydrogen (secondary N) is 1. The van der Waals surface area contributed by atoms with Crippen molar-refractivity contribution in [1.29, 1.82) is 0 Å². The first kappa shape index (κ1) is 9.93. The molecule has 0 bridgehead atoms. The van der Waals surface area contributed by atoms with Gasteiger partial charge < -0.3 is 15.6 Å². The fraction of sp³-hybridized carbons (Fsp3) is 0.0909. The number of aromatic nitrogens is 1. The highest BCUT2D eigenvalue weighted by molar-refractivity contribution is 6.31. The summed E-state index contributed by atoms with van der Waals surface area (Å²) in [7, 11) is 1.94. The molecular formula is C11H12ClN3. The molecule has 1 heterocycles. The molecule has 1 aromatic heterocycles. The van der Waals surface area contributed by atoms with Crippen molar-refractivity contribution in [1.82, 2.24) is 4.98 Å². The summed E-state index contributed by atoms with van der Waals surface area (Å²) >= 11 is 5.93. The van der Waals surface area contributed by atoms with E-state index < -0.39 is 0 Å². The number of nitrogen functional groups attached to an aromatic ring is 1. The van der Waals surface area contributed by atoms with Crippen LogP contribution in [0, 0.1) is 0 Å². The monoisotopic (exact) mass is 221 g/mol. The molecule has 0 saturated carbocycles. The largest absolute Gasteiger partial charge is 0.397 e. The van der Waals surface area contributed by atoms with Crippen LogP contribution >= 0.6 is 11.6 Å². The Hall–Kier alpha value is -1.61. The fourth-order valence-corrected chi connectivity index (χ4v) is 1.63. The SMILES string of the molecule is CN(c1ccc[nH]1)c1cc(Cl)ccc1N. The summed E-state index contributed by atoms with van der Waals surface area (Å²) in [5.74, 6) is 0.976. The van der Waals surface area contributed by atoms with E-state index in [1.54, 1.807) is 12.1 Å². The van der Waals surface area contributed by atoms with Crippen molar-refractivity contribution in [3.8, 4) is 0 Å². The van der Waals surface area contributed by atoms with E-state index in [1.165, 1.54) is 0 Å². The molecule has 2 aromatic rings. The average molecular weight is 222 g/mol. The first-order valence-corrected chi connectivity index (χ1v) is 4.98. The molecule has 0 aliphatic heterocycles. The molecule has 3 nitrogen and oxygen atoms in total. The number of nitrogens with zero attached hydrogens (tertiary/aromatic N) is 1. The van der Waals surface area contributed by atoms with Crippen molar-refractivity contribution >= 4 is 28.8 Å². The van der Waals surface area contributed by atoms with Gasteiger partial charge in [0.15, 0.2) is 0 Å². The van der Waals surface area contributed by atoms with E-state index in [2.05, 4.69) is 4.98 Å². The molecule has 0 atom stereocenters. The molecule has 0 spiro atoms. The van der Waals surface area contributed by atoms with Crippen molar-refractivity contribution in [2.24, 2.45) is 0 Å². The van der Waals surface area contributed by atoms with Gasteiger partial charge >= 0.3 is 0 Å². The minimum Gasteiger partial charge on any atom is -0.397 e. The zero-order chi connectivity index (χ0) is 10.8. The lowest BCUT2D eigenvalue weighted by molar-refractivity contribution is 1.15. The topological polar surface area (TPSA) is 45.0 Å². The van der Waals surface area contributed by atoms with E-state index >= 15 is 0 Å². The molecule has 15 heavy (non-hydrogen) atoms. The van der Waals surface area contributed by atoms with Crippen molar-refractivity contribution in [2.45, 2.75) is 0 Å². The third kappa shape index (κ3) is 1.92. The fourth-order valence-electron chi connectivity index (χ4n) is 1.47. The van der Waals surface area contributed by atoms with Gasteiger partial charge in [-0.2, -0.15) is 0 Å². The molecule has 0 unspecified atom stereocenters. The lowest BCUT2D eigenvalue weighted by Crippen LogP contribution is -2.11. The number of hydrogen-bond acceptors (Lipinski definition) is 2. The second-order valence-corrected chi connectivity index (χ2v) is 3.75. The lowest BCUT2D eigenvalue weighted by atomic mass is 10.2. The van der Waals surface area contributed by atoms with Gasteiger partial charge in [-0.15, -0.1) is 0 Å². The van der Waals surface area contributed by atoms with E-state index in [0.717, 1.165) is 11.5 Å². The second-order valence-electron chi connectivity index (χ2n) is 3.32. The number of rotatable bonds is 2. The summed E-state index contributed by atoms with van der Waals surface area (Å²) in [5, 5.41) is 0.678. The Labute approximate surface area is 93.5 Å². The van der Waals surface area contributed by atoms with Crippen LogP contribution in [0.25, 0.3) is 0 Å². The molecule has 2 rings (SSSR count). The molecule has 4 heteroatoms. The highest BCUT2D eigenvalue weighted by atomic mass is 35.5. The summed E-state index contributed by atoms with van der Waals surface area (Å²) in [6.07, 6.45) is 1.87. The van der Waals surface area contributed by atoms with Gasteiger partial charge in [-0.3, -0.25) is 0 Å². The standard InChI is InChI=1S/C11H12ClN3/c1-15(11-3-2-6-14-11)10-7-8(12)4-5-9(10)13/h2-7,14H,13H2,1H3. The van der Waals surface area contributed by atoms with E-state index in [1.807, 2.05) is 36.3 Å². The molecule has 78 valence electrons. The minimum absolute atomic E-state index is 0.678. The highest BCUT2D eigenvalue weighted by Gasteiger charge is 2.08. The van der Waals surface area contributed by atoms with E-state index in [9.17, 15) is 0 Å². The van der Waals surface area contributed by atoms with Gasteiger partial charge in [-0.05, 0) is 30.3 Å². The van der Waals surface area contributed by atoms with Crippen LogP contribution in [0.5, 0.6) is 0 Å². The highest BCUT2D eigenvalue weighted by Crippen LogP contribution is 2.30. The van der Waals surface area contributed by atoms with Crippen molar-refractivity contribution in [2.75, 3.05) is 17.7 Å². The zero-order valence-corrected chi connectivity index (χ0v) is 9.12. The maximum Gasteiger partial charge on any atom is 0.110 e. The number of nitrogens with two attached hydrogens (primary N) is 1. The molecule has 3 N–H and O–H groups in total. The predicted octanol–water partition coefficient (Wildman–Crippen LogP) is 3.02. The average Bonchev–Trinajstić information content (AvgIpc) is 2.74. The Balaban J connectivity index is 2.41. The van der Waals surface area contributed by atoms with Gasteiger partial charge in [0.25, 0.3) is 0 Å². The maximum absolute atomic E-state index is 5.93. The molecule has 0 aliphatic rings. The van der Waals surface area contributed by atoms with Crippen LogP contribution in [0.15, 0.2) is 36.5 Å². The van der Waals surface area contributed by atoms with E-state index in [4.69, 9.17) is 17.3 Å². The molecular weight excluding hydrogens is 210 g/mol. The Morgan fingerprint density at radius 3 is 2.80 bits per heavy atom. The van der Waals surface area contributed by atoms with Gasteiger partial charge in [-0.25, -0.2) is 0 Å². The molecule has 0 radical (unpaired) electrons. The number of aromatic amines is 1. The lowest BCUT2D eigenvalue weighted by Gasteiger charge is -2.19. The van der Waals surface area contributed by atoms with Crippen LogP contribution in [0.2, 0.25) is 5.02 Å². The van der Waals surface area contributed by atoms with Crippen molar-refractivity contribution < 1.29 is 0 Å². The summed E-state index contributed by atoms with van der Waals surface area (Å²) in [5.41, 5.74) is 7.48. The summed E-state index contributed by atoms with van der Waals surface area (Å²) in [4.78, 5) is 5.07. The number of halogens is 1. The van der Waals surface area contributed by atoms with Crippen LogP contribution in [-0.2, 0) is 0 Å². The Bertz CT molecular complexity index is 451. The second kappa shape index (κ2) is 3.87. The van der Waals surface area contributed by atoms with Crippen LogP contribution in [0.4, 0.5) is 17.2 Å². The smallest absolute Gasteiger partial charge is 0.110 e. The summed E-state index contributed by atoms with van der Waals surface area (Å²) < 4.78 is 0. The third-order valence-corrected chi connectivity index (χ3v) is 2.53. The van der Waals surface area contributed by atoms with E-state index in [0.29, 0.717) is 10.7 Å². The molecule has 0 fully saturated rings. The Morgan fingerprint density at radius 1 is 1.33 bits per heavy atom. The maximum atomic E-state index is 5.93. The van der Waals surface area contributed by atoms with Gasteiger partial charge in [0, 0.05) is 18.3 Å². The van der Waals surface area contributed by atoms with Gasteiger partial charge in [0.1, 0.15) is 5.82 Å². The molecule has 0 aliphatic carbocycles. The van der Waals surface area contributed by atoms with Crippen molar-refractivity contribution in [3.05, 3.63) is 41.6 Å². The zero-order valence-electron chi connectivity index (χ0n) is 8.37. The molecule has 0 saturated heterocycles. The van der Waals surface area contributed by atoms with Crippen LogP contribution < -0.4 is 10.6 Å². The van der Waals surface area contributed by atoms with Gasteiger partial charge in [0.05, 0.1) is 11.4 Å². The summed E-state index contributed by atoms with van der Waals surface area (Å²) in [6.45, 7) is 0. The quantitative estimate of drug-likeness (QED) is 0.766. The van der Waals surface area contributed by atoms with Crippen LogP contribution in [-0.4, -0.2) is 12.0 Å². The van der Waals surface area contributed by atoms with Gasteiger partial charge in [-0.1, -0.05) is 11.6 Å². The summed E-state index contributed by atoms with van der Waals surface area (Å²) in [6, 6.07) is 9.34. The van der Waals surface area contributed by atoms with Gasteiger partial charge in [0.2, 0.25) is 0 Å².